The van der Waals surface area contributed by atoms with Crippen LogP contribution in [0.4, 0.5) is 0 Å². The molecule has 1 atom stereocenters. The molecule has 0 aromatic rings. The molecule has 0 saturated heterocycles. The van der Waals surface area contributed by atoms with E-state index in [0.29, 0.717) is 6.61 Å². The molecular weight excluding hydrogens is 162 g/mol. The molecule has 0 aliphatic heterocycles. The Morgan fingerprint density at radius 1 is 1.67 bits per heavy atom. The van der Waals surface area contributed by atoms with Crippen molar-refractivity contribution < 1.29 is 14.5 Å². The van der Waals surface area contributed by atoms with Crippen LogP contribution >= 0.6 is 0 Å². The first kappa shape index (κ1) is 10.9. The quantitative estimate of drug-likeness (QED) is 0.353. The summed E-state index contributed by atoms with van der Waals surface area (Å²) >= 11 is 0. The molecule has 0 bridgehead atoms. The Hall–Kier alpha value is -1.13. The van der Waals surface area contributed by atoms with Crippen LogP contribution in [0.3, 0.4) is 0 Å². The number of esters is 1. The third-order valence-corrected chi connectivity index (χ3v) is 1.28. The van der Waals surface area contributed by atoms with Crippen molar-refractivity contribution >= 4 is 5.97 Å². The van der Waals surface area contributed by atoms with Gasteiger partial charge >= 0.3 is 5.97 Å². The van der Waals surface area contributed by atoms with Crippen LogP contribution in [-0.4, -0.2) is 24.0 Å². The topological polar surface area (TPSA) is 69.4 Å². The van der Waals surface area contributed by atoms with Crippen LogP contribution < -0.4 is 0 Å². The van der Waals surface area contributed by atoms with Gasteiger partial charge in [-0.15, -0.1) is 0 Å². The molecule has 0 unspecified atom stereocenters. The van der Waals surface area contributed by atoms with Gasteiger partial charge in [0.15, 0.2) is 0 Å². The normalized spacial score (nSPS) is 12.2. The molecule has 70 valence electrons. The van der Waals surface area contributed by atoms with E-state index in [1.54, 1.807) is 13.8 Å². The van der Waals surface area contributed by atoms with Gasteiger partial charge in [-0.2, -0.15) is 0 Å². The lowest BCUT2D eigenvalue weighted by Gasteiger charge is -2.04. The summed E-state index contributed by atoms with van der Waals surface area (Å²) in [7, 11) is 0. The predicted molar refractivity (Wildman–Crippen MR) is 42.3 cm³/mol. The van der Waals surface area contributed by atoms with E-state index in [2.05, 4.69) is 4.74 Å². The van der Waals surface area contributed by atoms with Gasteiger partial charge < -0.3 is 4.74 Å². The first-order chi connectivity index (χ1) is 5.56. The highest BCUT2D eigenvalue weighted by Crippen LogP contribution is 2.03. The molecule has 0 fully saturated rings. The van der Waals surface area contributed by atoms with Crippen LogP contribution in [0.25, 0.3) is 0 Å². The Morgan fingerprint density at radius 2 is 2.25 bits per heavy atom. The molecule has 0 rings (SSSR count). The van der Waals surface area contributed by atoms with E-state index in [1.165, 1.54) is 0 Å². The summed E-state index contributed by atoms with van der Waals surface area (Å²) in [6, 6.07) is 0. The number of carbonyl (C=O) groups is 1. The lowest BCUT2D eigenvalue weighted by molar-refractivity contribution is -0.487. The molecule has 5 nitrogen and oxygen atoms in total. The summed E-state index contributed by atoms with van der Waals surface area (Å²) in [6.45, 7) is 3.50. The van der Waals surface area contributed by atoms with Gasteiger partial charge in [-0.25, -0.2) is 0 Å². The standard InChI is InChI=1S/C7H13NO4/c1-3-12-7(9)4-6(2)5-8(10)11/h6H,3-5H2,1-2H3/t6-/m1/s1. The molecule has 5 heteroatoms. The van der Waals surface area contributed by atoms with Gasteiger partial charge in [0.25, 0.3) is 0 Å². The summed E-state index contributed by atoms with van der Waals surface area (Å²) in [5.41, 5.74) is 0. The second-order valence-electron chi connectivity index (χ2n) is 2.63. The van der Waals surface area contributed by atoms with Gasteiger partial charge in [-0.1, -0.05) is 6.92 Å². The van der Waals surface area contributed by atoms with Gasteiger partial charge in [0.05, 0.1) is 13.0 Å². The van der Waals surface area contributed by atoms with Crippen molar-refractivity contribution in [3.05, 3.63) is 10.1 Å². The Morgan fingerprint density at radius 3 is 2.67 bits per heavy atom. The van der Waals surface area contributed by atoms with Gasteiger partial charge in [0.2, 0.25) is 6.54 Å². The van der Waals surface area contributed by atoms with Crippen molar-refractivity contribution in [1.29, 1.82) is 0 Å². The van der Waals surface area contributed by atoms with Crippen LogP contribution in [0.2, 0.25) is 0 Å². The molecule has 0 radical (unpaired) electrons. The number of nitrogens with zero attached hydrogens (tertiary/aromatic N) is 1. The summed E-state index contributed by atoms with van der Waals surface area (Å²) < 4.78 is 4.63. The summed E-state index contributed by atoms with van der Waals surface area (Å²) in [5.74, 6) is -0.620. The van der Waals surface area contributed by atoms with E-state index in [9.17, 15) is 14.9 Å². The third kappa shape index (κ3) is 5.64. The van der Waals surface area contributed by atoms with Crippen molar-refractivity contribution in [1.82, 2.24) is 0 Å². The SMILES string of the molecule is CCOC(=O)C[C@@H](C)C[N+](=O)[O-]. The highest BCUT2D eigenvalue weighted by molar-refractivity contribution is 5.69. The first-order valence-corrected chi connectivity index (χ1v) is 3.83. The van der Waals surface area contributed by atoms with Crippen LogP contribution in [0, 0.1) is 16.0 Å². The van der Waals surface area contributed by atoms with Crippen molar-refractivity contribution in [2.45, 2.75) is 20.3 Å². The Balaban J connectivity index is 3.61. The van der Waals surface area contributed by atoms with E-state index < -0.39 is 4.92 Å². The predicted octanol–water partition coefficient (Wildman–Crippen LogP) is 0.852. The third-order valence-electron chi connectivity index (χ3n) is 1.28. The maximum Gasteiger partial charge on any atom is 0.306 e. The summed E-state index contributed by atoms with van der Waals surface area (Å²) in [6.07, 6.45) is 0.120. The maximum atomic E-state index is 10.8. The van der Waals surface area contributed by atoms with Crippen molar-refractivity contribution in [3.63, 3.8) is 0 Å². The number of carbonyl (C=O) groups excluding carboxylic acids is 1. The summed E-state index contributed by atoms with van der Waals surface area (Å²) in [5, 5.41) is 10.0. The number of ether oxygens (including phenoxy) is 1. The largest absolute Gasteiger partial charge is 0.466 e. The molecule has 0 spiro atoms. The molecule has 0 aliphatic carbocycles. The van der Waals surface area contributed by atoms with Crippen molar-refractivity contribution in [3.8, 4) is 0 Å². The summed E-state index contributed by atoms with van der Waals surface area (Å²) in [4.78, 5) is 20.4. The molecule has 0 heterocycles. The fraction of sp³-hybridized carbons (Fsp3) is 0.857. The molecule has 0 aliphatic rings. The first-order valence-electron chi connectivity index (χ1n) is 3.83. The number of hydrogen-bond donors (Lipinski definition) is 0. The number of rotatable bonds is 5. The molecule has 0 N–H and O–H groups in total. The van der Waals surface area contributed by atoms with Gasteiger partial charge in [-0.3, -0.25) is 14.9 Å². The molecule has 0 saturated carbocycles. The molecule has 0 amide bonds. The van der Waals surface area contributed by atoms with E-state index in [0.717, 1.165) is 0 Å². The zero-order chi connectivity index (χ0) is 9.56. The average molecular weight is 175 g/mol. The number of nitro groups is 1. The fourth-order valence-electron chi connectivity index (χ4n) is 0.823. The van der Waals surface area contributed by atoms with Crippen LogP contribution in [0.15, 0.2) is 0 Å². The molecule has 12 heavy (non-hydrogen) atoms. The van der Waals surface area contributed by atoms with E-state index in [4.69, 9.17) is 0 Å². The minimum Gasteiger partial charge on any atom is -0.466 e. The Kier molecular flexibility index (Phi) is 4.99. The van der Waals surface area contributed by atoms with Gasteiger partial charge in [0.1, 0.15) is 0 Å². The Bertz CT molecular complexity index is 169. The van der Waals surface area contributed by atoms with Crippen molar-refractivity contribution in [2.75, 3.05) is 13.2 Å². The molecular formula is C7H13NO4. The molecule has 0 aromatic carbocycles. The van der Waals surface area contributed by atoms with E-state index >= 15 is 0 Å². The van der Waals surface area contributed by atoms with E-state index in [-0.39, 0.29) is 24.9 Å². The van der Waals surface area contributed by atoms with Gasteiger partial charge in [0, 0.05) is 10.8 Å². The maximum absolute atomic E-state index is 10.8. The second kappa shape index (κ2) is 5.51. The van der Waals surface area contributed by atoms with Crippen LogP contribution in [0.1, 0.15) is 20.3 Å². The van der Waals surface area contributed by atoms with Gasteiger partial charge in [-0.05, 0) is 6.92 Å². The Labute approximate surface area is 70.9 Å². The monoisotopic (exact) mass is 175 g/mol. The van der Waals surface area contributed by atoms with E-state index in [1.807, 2.05) is 0 Å². The minimum atomic E-state index is -0.427. The number of hydrogen-bond acceptors (Lipinski definition) is 4. The molecule has 0 aromatic heterocycles. The smallest absolute Gasteiger partial charge is 0.306 e. The highest BCUT2D eigenvalue weighted by Gasteiger charge is 2.14. The second-order valence-corrected chi connectivity index (χ2v) is 2.63. The zero-order valence-corrected chi connectivity index (χ0v) is 7.28. The fourth-order valence-corrected chi connectivity index (χ4v) is 0.823. The highest BCUT2D eigenvalue weighted by atomic mass is 16.6. The van der Waals surface area contributed by atoms with Crippen LogP contribution in [-0.2, 0) is 9.53 Å². The minimum absolute atomic E-state index is 0.120. The zero-order valence-electron chi connectivity index (χ0n) is 7.28. The van der Waals surface area contributed by atoms with Crippen molar-refractivity contribution in [2.24, 2.45) is 5.92 Å². The lowest BCUT2D eigenvalue weighted by atomic mass is 10.1. The lowest BCUT2D eigenvalue weighted by Crippen LogP contribution is -2.16. The average Bonchev–Trinajstić information content (AvgIpc) is 1.84. The van der Waals surface area contributed by atoms with Crippen LogP contribution in [0.5, 0.6) is 0 Å².